The minimum absolute atomic E-state index is 0.250. The summed E-state index contributed by atoms with van der Waals surface area (Å²) in [6.45, 7) is 0.552. The number of nitrogens with one attached hydrogen (secondary N) is 1. The van der Waals surface area contributed by atoms with Crippen LogP contribution in [-0.4, -0.2) is 0 Å². The molecule has 2 nitrogen and oxygen atoms in total. The van der Waals surface area contributed by atoms with Gasteiger partial charge in [-0.25, -0.2) is 4.39 Å². The highest BCUT2D eigenvalue weighted by Crippen LogP contribution is 2.20. The van der Waals surface area contributed by atoms with E-state index in [4.69, 9.17) is 5.26 Å². The molecule has 0 aliphatic rings. The van der Waals surface area contributed by atoms with Crippen molar-refractivity contribution in [3.8, 4) is 6.07 Å². The van der Waals surface area contributed by atoms with Crippen LogP contribution in [-0.2, 0) is 6.54 Å². The summed E-state index contributed by atoms with van der Waals surface area (Å²) in [6, 6.07) is 13.9. The fourth-order valence-corrected chi connectivity index (χ4v) is 1.92. The predicted octanol–water partition coefficient (Wildman–Crippen LogP) is 4.07. The standard InChI is InChI=1S/C14H10BrFN2/c15-12-3-6-14(11(7-12)8-17)18-9-10-1-4-13(16)5-2-10/h1-7,18H,9H2. The van der Waals surface area contributed by atoms with E-state index in [0.717, 1.165) is 15.7 Å². The topological polar surface area (TPSA) is 35.8 Å². The molecular weight excluding hydrogens is 295 g/mol. The predicted molar refractivity (Wildman–Crippen MR) is 72.6 cm³/mol. The first kappa shape index (κ1) is 12.6. The van der Waals surface area contributed by atoms with Crippen LogP contribution < -0.4 is 5.32 Å². The van der Waals surface area contributed by atoms with Crippen LogP contribution in [0, 0.1) is 17.1 Å². The van der Waals surface area contributed by atoms with E-state index in [1.165, 1.54) is 12.1 Å². The molecule has 2 aromatic carbocycles. The van der Waals surface area contributed by atoms with Gasteiger partial charge in [0.1, 0.15) is 11.9 Å². The van der Waals surface area contributed by atoms with Gasteiger partial charge in [0.15, 0.2) is 0 Å². The third-order valence-electron chi connectivity index (χ3n) is 2.50. The molecule has 0 bridgehead atoms. The SMILES string of the molecule is N#Cc1cc(Br)ccc1NCc1ccc(F)cc1. The van der Waals surface area contributed by atoms with Crippen molar-refractivity contribution >= 4 is 21.6 Å². The maximum Gasteiger partial charge on any atom is 0.123 e. The third kappa shape index (κ3) is 3.08. The molecule has 0 radical (unpaired) electrons. The van der Waals surface area contributed by atoms with Crippen LogP contribution in [0.5, 0.6) is 0 Å². The Morgan fingerprint density at radius 1 is 1.17 bits per heavy atom. The molecule has 0 amide bonds. The van der Waals surface area contributed by atoms with Gasteiger partial charge in [-0.3, -0.25) is 0 Å². The summed E-state index contributed by atoms with van der Waals surface area (Å²) < 4.78 is 13.6. The number of anilines is 1. The zero-order valence-electron chi connectivity index (χ0n) is 9.45. The lowest BCUT2D eigenvalue weighted by atomic mass is 10.1. The van der Waals surface area contributed by atoms with E-state index < -0.39 is 0 Å². The minimum Gasteiger partial charge on any atom is -0.380 e. The van der Waals surface area contributed by atoms with Crippen molar-refractivity contribution in [3.05, 3.63) is 63.9 Å². The number of rotatable bonds is 3. The first-order chi connectivity index (χ1) is 8.69. The Morgan fingerprint density at radius 3 is 2.56 bits per heavy atom. The van der Waals surface area contributed by atoms with Crippen LogP contribution in [0.25, 0.3) is 0 Å². The molecule has 0 aliphatic carbocycles. The monoisotopic (exact) mass is 304 g/mol. The van der Waals surface area contributed by atoms with Gasteiger partial charge in [0.05, 0.1) is 11.3 Å². The summed E-state index contributed by atoms with van der Waals surface area (Å²) in [5, 5.41) is 12.2. The average molecular weight is 305 g/mol. The normalized spacial score (nSPS) is 9.83. The van der Waals surface area contributed by atoms with Crippen LogP contribution in [0.4, 0.5) is 10.1 Å². The van der Waals surface area contributed by atoms with Crippen LogP contribution in [0.1, 0.15) is 11.1 Å². The van der Waals surface area contributed by atoms with Gasteiger partial charge in [-0.15, -0.1) is 0 Å². The zero-order valence-corrected chi connectivity index (χ0v) is 11.0. The fourth-order valence-electron chi connectivity index (χ4n) is 1.56. The van der Waals surface area contributed by atoms with Crippen molar-refractivity contribution in [2.45, 2.75) is 6.54 Å². The molecule has 0 spiro atoms. The van der Waals surface area contributed by atoms with Crippen molar-refractivity contribution in [2.24, 2.45) is 0 Å². The number of benzene rings is 2. The van der Waals surface area contributed by atoms with Gasteiger partial charge in [-0.1, -0.05) is 28.1 Å². The number of hydrogen-bond donors (Lipinski definition) is 1. The quantitative estimate of drug-likeness (QED) is 0.927. The van der Waals surface area contributed by atoms with Crippen molar-refractivity contribution in [1.82, 2.24) is 0 Å². The Kier molecular flexibility index (Phi) is 3.96. The molecule has 0 aromatic heterocycles. The molecule has 0 fully saturated rings. The molecule has 4 heteroatoms. The van der Waals surface area contributed by atoms with Gasteiger partial charge in [-0.2, -0.15) is 5.26 Å². The second-order valence-corrected chi connectivity index (χ2v) is 4.70. The lowest BCUT2D eigenvalue weighted by Crippen LogP contribution is -2.01. The third-order valence-corrected chi connectivity index (χ3v) is 2.99. The number of nitriles is 1. The van der Waals surface area contributed by atoms with Crippen LogP contribution in [0.2, 0.25) is 0 Å². The van der Waals surface area contributed by atoms with Crippen LogP contribution >= 0.6 is 15.9 Å². The Hall–Kier alpha value is -1.86. The molecule has 0 unspecified atom stereocenters. The van der Waals surface area contributed by atoms with E-state index in [9.17, 15) is 4.39 Å². The van der Waals surface area contributed by atoms with Gasteiger partial charge < -0.3 is 5.32 Å². The fraction of sp³-hybridized carbons (Fsp3) is 0.0714. The molecule has 0 saturated carbocycles. The van der Waals surface area contributed by atoms with Crippen LogP contribution in [0.3, 0.4) is 0 Å². The molecule has 90 valence electrons. The first-order valence-corrected chi connectivity index (χ1v) is 6.16. The number of nitrogens with zero attached hydrogens (tertiary/aromatic N) is 1. The highest BCUT2D eigenvalue weighted by Gasteiger charge is 2.02. The van der Waals surface area contributed by atoms with E-state index in [0.29, 0.717) is 12.1 Å². The van der Waals surface area contributed by atoms with Crippen molar-refractivity contribution in [3.63, 3.8) is 0 Å². The van der Waals surface area contributed by atoms with E-state index in [-0.39, 0.29) is 5.82 Å². The molecule has 0 aliphatic heterocycles. The van der Waals surface area contributed by atoms with Gasteiger partial charge >= 0.3 is 0 Å². The van der Waals surface area contributed by atoms with Gasteiger partial charge in [0.2, 0.25) is 0 Å². The van der Waals surface area contributed by atoms with Gasteiger partial charge in [0.25, 0.3) is 0 Å². The van der Waals surface area contributed by atoms with E-state index in [1.54, 1.807) is 18.2 Å². The molecule has 1 N–H and O–H groups in total. The van der Waals surface area contributed by atoms with Crippen molar-refractivity contribution in [1.29, 1.82) is 5.26 Å². The van der Waals surface area contributed by atoms with Crippen molar-refractivity contribution in [2.75, 3.05) is 5.32 Å². The lowest BCUT2D eigenvalue weighted by Gasteiger charge is -2.08. The highest BCUT2D eigenvalue weighted by atomic mass is 79.9. The highest BCUT2D eigenvalue weighted by molar-refractivity contribution is 9.10. The summed E-state index contributed by atoms with van der Waals surface area (Å²) in [4.78, 5) is 0. The summed E-state index contributed by atoms with van der Waals surface area (Å²) in [5.74, 6) is -0.250. The first-order valence-electron chi connectivity index (χ1n) is 5.37. The Morgan fingerprint density at radius 2 is 1.89 bits per heavy atom. The Balaban J connectivity index is 2.11. The largest absolute Gasteiger partial charge is 0.380 e. The second kappa shape index (κ2) is 5.65. The Labute approximate surface area is 113 Å². The smallest absolute Gasteiger partial charge is 0.123 e. The van der Waals surface area contributed by atoms with Gasteiger partial charge in [-0.05, 0) is 35.9 Å². The maximum atomic E-state index is 12.7. The molecule has 18 heavy (non-hydrogen) atoms. The van der Waals surface area contributed by atoms with Crippen molar-refractivity contribution < 1.29 is 4.39 Å². The molecule has 2 rings (SSSR count). The van der Waals surface area contributed by atoms with E-state index in [2.05, 4.69) is 27.3 Å². The van der Waals surface area contributed by atoms with Crippen LogP contribution in [0.15, 0.2) is 46.9 Å². The maximum absolute atomic E-state index is 12.7. The molecular formula is C14H10BrFN2. The summed E-state index contributed by atoms with van der Waals surface area (Å²) >= 11 is 3.32. The molecule has 0 heterocycles. The number of halogens is 2. The average Bonchev–Trinajstić information content (AvgIpc) is 2.39. The Bertz CT molecular complexity index is 588. The lowest BCUT2D eigenvalue weighted by molar-refractivity contribution is 0.627. The van der Waals surface area contributed by atoms with Gasteiger partial charge in [0, 0.05) is 11.0 Å². The summed E-state index contributed by atoms with van der Waals surface area (Å²) in [6.07, 6.45) is 0. The zero-order chi connectivity index (χ0) is 13.0. The minimum atomic E-state index is -0.250. The summed E-state index contributed by atoms with van der Waals surface area (Å²) in [7, 11) is 0. The van der Waals surface area contributed by atoms with E-state index in [1.807, 2.05) is 12.1 Å². The molecule has 0 atom stereocenters. The molecule has 2 aromatic rings. The summed E-state index contributed by atoms with van der Waals surface area (Å²) in [5.41, 5.74) is 2.31. The van der Waals surface area contributed by atoms with E-state index >= 15 is 0 Å². The molecule has 0 saturated heterocycles. The number of hydrogen-bond acceptors (Lipinski definition) is 2. The second-order valence-electron chi connectivity index (χ2n) is 3.78.